The molecular formula is C35H41NO7SSi. The fourth-order valence-corrected chi connectivity index (χ4v) is 7.96. The molecule has 0 amide bonds. The quantitative estimate of drug-likeness (QED) is 0.150. The van der Waals surface area contributed by atoms with Gasteiger partial charge in [-0.1, -0.05) is 97.1 Å². The van der Waals surface area contributed by atoms with E-state index in [-0.39, 0.29) is 24.8 Å². The lowest BCUT2D eigenvalue weighted by molar-refractivity contribution is -0.240. The third kappa shape index (κ3) is 9.17. The van der Waals surface area contributed by atoms with Gasteiger partial charge in [0.1, 0.15) is 24.4 Å². The highest BCUT2D eigenvalue weighted by Gasteiger charge is 2.54. The molecule has 5 atom stereocenters. The van der Waals surface area contributed by atoms with Crippen LogP contribution in [0.25, 0.3) is 0 Å². The van der Waals surface area contributed by atoms with Crippen LogP contribution in [-0.4, -0.2) is 58.2 Å². The third-order valence-electron chi connectivity index (χ3n) is 7.28. The molecule has 10 heteroatoms. The molecule has 45 heavy (non-hydrogen) atoms. The molecular weight excluding hydrogens is 607 g/mol. The van der Waals surface area contributed by atoms with Gasteiger partial charge < -0.3 is 23.4 Å². The topological polar surface area (TPSA) is 93.2 Å². The Hall–Kier alpha value is -3.22. The molecule has 0 aliphatic carbocycles. The highest BCUT2D eigenvalue weighted by atomic mass is 32.2. The third-order valence-corrected chi connectivity index (χ3v) is 10.1. The van der Waals surface area contributed by atoms with E-state index in [1.165, 1.54) is 12.3 Å². The summed E-state index contributed by atoms with van der Waals surface area (Å²) in [4.78, 5) is 4.18. The van der Waals surface area contributed by atoms with Gasteiger partial charge in [-0.05, 0) is 48.5 Å². The van der Waals surface area contributed by atoms with Gasteiger partial charge in [-0.3, -0.25) is 0 Å². The molecule has 2 heterocycles. The number of sulfone groups is 1. The second kappa shape index (κ2) is 15.4. The van der Waals surface area contributed by atoms with E-state index in [0.717, 1.165) is 16.7 Å². The Morgan fingerprint density at radius 2 is 1.18 bits per heavy atom. The largest absolute Gasteiger partial charge is 0.408 e. The molecule has 1 aliphatic heterocycles. The smallest absolute Gasteiger partial charge is 0.225 e. The first-order valence-corrected chi connectivity index (χ1v) is 20.1. The minimum absolute atomic E-state index is 0.0768. The maximum absolute atomic E-state index is 14.2. The maximum atomic E-state index is 14.2. The van der Waals surface area contributed by atoms with Crippen LogP contribution in [0.1, 0.15) is 16.7 Å². The fourth-order valence-electron chi connectivity index (χ4n) is 5.22. The van der Waals surface area contributed by atoms with Gasteiger partial charge in [-0.2, -0.15) is 0 Å². The first kappa shape index (κ1) is 33.1. The van der Waals surface area contributed by atoms with E-state index in [2.05, 4.69) is 4.98 Å². The average molecular weight is 648 g/mol. The van der Waals surface area contributed by atoms with E-state index in [9.17, 15) is 8.42 Å². The molecule has 8 nitrogen and oxygen atoms in total. The van der Waals surface area contributed by atoms with Crippen LogP contribution in [0.5, 0.6) is 0 Å². The van der Waals surface area contributed by atoms with Gasteiger partial charge in [0, 0.05) is 6.20 Å². The van der Waals surface area contributed by atoms with Gasteiger partial charge in [0.05, 0.1) is 26.4 Å². The number of nitrogens with zero attached hydrogens (tertiary/aromatic N) is 1. The van der Waals surface area contributed by atoms with Crippen molar-refractivity contribution in [2.75, 3.05) is 6.61 Å². The summed E-state index contributed by atoms with van der Waals surface area (Å²) >= 11 is 0. The molecule has 0 spiro atoms. The second-order valence-electron chi connectivity index (χ2n) is 12.0. The highest BCUT2D eigenvalue weighted by Crippen LogP contribution is 2.36. The van der Waals surface area contributed by atoms with Crippen molar-refractivity contribution >= 4 is 18.2 Å². The Balaban J connectivity index is 1.53. The van der Waals surface area contributed by atoms with Crippen molar-refractivity contribution in [1.29, 1.82) is 0 Å². The molecule has 0 saturated carbocycles. The zero-order chi connectivity index (χ0) is 31.7. The number of benzene rings is 3. The van der Waals surface area contributed by atoms with Gasteiger partial charge in [0.25, 0.3) is 0 Å². The van der Waals surface area contributed by atoms with Crippen LogP contribution >= 0.6 is 0 Å². The zero-order valence-electron chi connectivity index (χ0n) is 25.9. The van der Waals surface area contributed by atoms with Crippen LogP contribution in [0, 0.1) is 0 Å². The second-order valence-corrected chi connectivity index (χ2v) is 18.4. The lowest BCUT2D eigenvalue weighted by Crippen LogP contribution is -2.64. The number of ether oxygens (including phenoxy) is 4. The molecule has 1 aliphatic rings. The summed E-state index contributed by atoms with van der Waals surface area (Å²) in [5.41, 5.74) is 1.50. The number of hydrogen-bond donors (Lipinski definition) is 0. The molecule has 0 bridgehead atoms. The summed E-state index contributed by atoms with van der Waals surface area (Å²) in [6, 6.07) is 34.2. The number of aromatic nitrogens is 1. The summed E-state index contributed by atoms with van der Waals surface area (Å²) in [7, 11) is -6.48. The van der Waals surface area contributed by atoms with E-state index in [0.29, 0.717) is 6.61 Å². The Morgan fingerprint density at radius 3 is 1.69 bits per heavy atom. The van der Waals surface area contributed by atoms with E-state index in [1.54, 1.807) is 12.1 Å². The molecule has 0 radical (unpaired) electrons. The van der Waals surface area contributed by atoms with E-state index in [4.69, 9.17) is 23.4 Å². The minimum atomic E-state index is -4.13. The van der Waals surface area contributed by atoms with Gasteiger partial charge in [0.2, 0.25) is 9.84 Å². The van der Waals surface area contributed by atoms with Crippen molar-refractivity contribution in [2.24, 2.45) is 0 Å². The molecule has 5 rings (SSSR count). The molecule has 3 aromatic carbocycles. The normalized spacial score (nSPS) is 22.2. The molecule has 0 unspecified atom stereocenters. The van der Waals surface area contributed by atoms with Gasteiger partial charge in [-0.15, -0.1) is 0 Å². The van der Waals surface area contributed by atoms with Crippen molar-refractivity contribution in [2.45, 2.75) is 74.3 Å². The monoisotopic (exact) mass is 647 g/mol. The summed E-state index contributed by atoms with van der Waals surface area (Å²) in [5.74, 6) is 0. The zero-order valence-corrected chi connectivity index (χ0v) is 27.7. The van der Waals surface area contributed by atoms with E-state index >= 15 is 0 Å². The summed E-state index contributed by atoms with van der Waals surface area (Å²) in [6.07, 6.45) is -1.83. The van der Waals surface area contributed by atoms with Crippen LogP contribution in [-0.2, 0) is 53.0 Å². The van der Waals surface area contributed by atoms with Gasteiger partial charge >= 0.3 is 0 Å². The van der Waals surface area contributed by atoms with E-state index < -0.39 is 48.0 Å². The summed E-state index contributed by atoms with van der Waals surface area (Å²) in [6.45, 7) is 6.95. The number of hydrogen-bond acceptors (Lipinski definition) is 8. The lowest BCUT2D eigenvalue weighted by Gasteiger charge is -2.47. The SMILES string of the molecule is C[Si](C)(C)O[C@@H]1[C@@H](OCc2ccccc2)[C@@H](OCc2ccccc2)[C@@H](COCc2ccccc2)O[C@H]1S(=O)(=O)c1ccccn1. The standard InChI is InChI=1S/C35H41NO7SSi/c1-45(2,3)43-34-33(41-25-29-19-11-6-12-20-29)32(40-24-28-17-9-5-10-18-28)30(26-39-23-27-15-7-4-8-16-27)42-35(34)44(37,38)31-21-13-14-22-36-31/h4-22,30,32-35H,23-26H2,1-3H3/t30-,32+,33+,34-,35+/m1/s1. The molecule has 1 saturated heterocycles. The first-order valence-electron chi connectivity index (χ1n) is 15.1. The predicted octanol–water partition coefficient (Wildman–Crippen LogP) is 6.19. The Kier molecular flexibility index (Phi) is 11.3. The van der Waals surface area contributed by atoms with Gasteiger partial charge in [0.15, 0.2) is 18.8 Å². The molecule has 0 N–H and O–H groups in total. The van der Waals surface area contributed by atoms with Crippen LogP contribution in [0.4, 0.5) is 0 Å². The van der Waals surface area contributed by atoms with Gasteiger partial charge in [-0.25, -0.2) is 13.4 Å². The van der Waals surface area contributed by atoms with Crippen molar-refractivity contribution in [1.82, 2.24) is 4.98 Å². The van der Waals surface area contributed by atoms with Crippen molar-refractivity contribution in [3.05, 3.63) is 132 Å². The minimum Gasteiger partial charge on any atom is -0.408 e. The Labute approximate surface area is 267 Å². The summed E-state index contributed by atoms with van der Waals surface area (Å²) in [5, 5.41) is -0.0893. The van der Waals surface area contributed by atoms with Crippen molar-refractivity contribution < 1.29 is 31.8 Å². The molecule has 4 aromatic rings. The van der Waals surface area contributed by atoms with E-state index in [1.807, 2.05) is 111 Å². The predicted molar refractivity (Wildman–Crippen MR) is 174 cm³/mol. The Morgan fingerprint density at radius 1 is 0.667 bits per heavy atom. The number of rotatable bonds is 14. The van der Waals surface area contributed by atoms with Crippen LogP contribution in [0.2, 0.25) is 19.6 Å². The lowest BCUT2D eigenvalue weighted by atomic mass is 9.99. The van der Waals surface area contributed by atoms with Crippen LogP contribution < -0.4 is 0 Å². The number of pyridine rings is 1. The maximum Gasteiger partial charge on any atom is 0.225 e. The molecule has 1 aromatic heterocycles. The fraction of sp³-hybridized carbons (Fsp3) is 0.343. The molecule has 1 fully saturated rings. The van der Waals surface area contributed by atoms with Crippen molar-refractivity contribution in [3.8, 4) is 0 Å². The van der Waals surface area contributed by atoms with Crippen LogP contribution in [0.15, 0.2) is 120 Å². The average Bonchev–Trinajstić information content (AvgIpc) is 3.05. The van der Waals surface area contributed by atoms with Crippen molar-refractivity contribution in [3.63, 3.8) is 0 Å². The first-order chi connectivity index (χ1) is 21.7. The van der Waals surface area contributed by atoms with Crippen LogP contribution in [0.3, 0.4) is 0 Å². The summed E-state index contributed by atoms with van der Waals surface area (Å²) < 4.78 is 61.1. The highest BCUT2D eigenvalue weighted by molar-refractivity contribution is 7.91. The molecule has 238 valence electrons. The Bertz CT molecular complexity index is 1560.